The Morgan fingerprint density at radius 1 is 0.849 bits per heavy atom. The van der Waals surface area contributed by atoms with Gasteiger partial charge in [0.2, 0.25) is 27.7 Å². The molecule has 1 aliphatic rings. The van der Waals surface area contributed by atoms with Crippen molar-refractivity contribution in [2.24, 2.45) is 5.16 Å². The second kappa shape index (κ2) is 16.9. The molecule has 0 unspecified atom stereocenters. The number of carbonyl (C=O) groups is 3. The summed E-state index contributed by atoms with van der Waals surface area (Å²) in [6, 6.07) is 22.7. The fraction of sp³-hybridized carbons (Fsp3) is 0.212. The largest absolute Gasteiger partial charge is 0.481 e. The predicted molar refractivity (Wildman–Crippen MR) is 188 cm³/mol. The molecule has 4 aromatic rings. The highest BCUT2D eigenvalue weighted by Crippen LogP contribution is 2.41. The summed E-state index contributed by atoms with van der Waals surface area (Å²) in [5, 5.41) is 15.0. The van der Waals surface area contributed by atoms with Crippen molar-refractivity contribution in [3.63, 3.8) is 0 Å². The zero-order valence-corrected chi connectivity index (χ0v) is 30.2. The molecule has 0 atom stereocenters. The third-order valence-electron chi connectivity index (χ3n) is 7.28. The first-order valence-electron chi connectivity index (χ1n) is 15.2. The number of hydrogen-bond donors (Lipinski definition) is 4. The molecular weight excluding hydrogens is 737 g/mol. The number of sulfonamides is 2. The summed E-state index contributed by atoms with van der Waals surface area (Å²) in [5.74, 6) is -2.27. The van der Waals surface area contributed by atoms with Crippen LogP contribution >= 0.6 is 0 Å². The number of aromatic nitrogens is 2. The predicted octanol–water partition coefficient (Wildman–Crippen LogP) is 2.63. The van der Waals surface area contributed by atoms with Crippen molar-refractivity contribution in [3.8, 4) is 11.8 Å². The van der Waals surface area contributed by atoms with Gasteiger partial charge in [0.15, 0.2) is 11.3 Å². The number of oxime groups is 1. The number of hydrogen-bond acceptors (Lipinski definition) is 14. The van der Waals surface area contributed by atoms with Gasteiger partial charge in [-0.15, -0.1) is 0 Å². The molecule has 5 rings (SSSR count). The number of benzene rings is 3. The average Bonchev–Trinajstić information content (AvgIpc) is 3.61. The quantitative estimate of drug-likeness (QED) is 0.151. The highest BCUT2D eigenvalue weighted by atomic mass is 32.2. The van der Waals surface area contributed by atoms with Crippen molar-refractivity contribution in [1.82, 2.24) is 19.4 Å². The Kier molecular flexibility index (Phi) is 12.7. The Morgan fingerprint density at radius 2 is 1.42 bits per heavy atom. The Morgan fingerprint density at radius 3 is 1.89 bits per heavy atom. The smallest absolute Gasteiger partial charge is 0.353 e. The number of rotatable bonds is 12. The third kappa shape index (κ3) is 10.2. The summed E-state index contributed by atoms with van der Waals surface area (Å²) in [6.07, 6.45) is 1.14. The van der Waals surface area contributed by atoms with Crippen LogP contribution in [0.4, 0.5) is 10.7 Å². The van der Waals surface area contributed by atoms with Crippen LogP contribution in [0, 0.1) is 0 Å². The van der Waals surface area contributed by atoms with Crippen LogP contribution in [0.15, 0.2) is 95.0 Å². The summed E-state index contributed by atoms with van der Waals surface area (Å²) in [7, 11) is -4.53. The van der Waals surface area contributed by atoms with Crippen molar-refractivity contribution >= 4 is 49.7 Å². The van der Waals surface area contributed by atoms with E-state index in [0.717, 1.165) is 36.6 Å². The Balaban J connectivity index is 0.000000265. The first-order chi connectivity index (χ1) is 25.1. The molecule has 0 saturated heterocycles. The second-order valence-corrected chi connectivity index (χ2v) is 14.4. The molecule has 1 aliphatic heterocycles. The number of carboxylic acids is 1. The Hall–Kier alpha value is -6.12. The average molecular weight is 771 g/mol. The van der Waals surface area contributed by atoms with Crippen LogP contribution in [0.1, 0.15) is 33.5 Å². The van der Waals surface area contributed by atoms with Gasteiger partial charge in [-0.05, 0) is 17.7 Å². The molecule has 4 N–H and O–H groups in total. The van der Waals surface area contributed by atoms with E-state index in [0.29, 0.717) is 0 Å². The number of nitrogens with one attached hydrogen (secondary N) is 3. The number of anilines is 1. The maximum Gasteiger partial charge on any atom is 0.353 e. The minimum Gasteiger partial charge on any atom is -0.481 e. The lowest BCUT2D eigenvalue weighted by Gasteiger charge is -2.27. The van der Waals surface area contributed by atoms with E-state index in [2.05, 4.69) is 29.9 Å². The van der Waals surface area contributed by atoms with Crippen molar-refractivity contribution in [2.45, 2.75) is 23.5 Å². The lowest BCUT2D eigenvalue weighted by Crippen LogP contribution is -2.35. The van der Waals surface area contributed by atoms with E-state index >= 15 is 0 Å². The topological polar surface area (TPSA) is 251 Å². The normalized spacial score (nSPS) is 13.2. The molecule has 0 saturated carbocycles. The number of esters is 1. The number of carbonyl (C=O) groups excluding carboxylic acids is 2. The maximum absolute atomic E-state index is 12.9. The van der Waals surface area contributed by atoms with Crippen LogP contribution in [0.3, 0.4) is 0 Å². The first kappa shape index (κ1) is 39.7. The van der Waals surface area contributed by atoms with Crippen LogP contribution in [0.2, 0.25) is 0 Å². The van der Waals surface area contributed by atoms with Gasteiger partial charge < -0.3 is 24.2 Å². The number of ether oxygens (including phenoxy) is 3. The van der Waals surface area contributed by atoms with Crippen molar-refractivity contribution in [2.75, 3.05) is 32.9 Å². The van der Waals surface area contributed by atoms with Crippen LogP contribution in [0.5, 0.6) is 11.8 Å². The molecule has 53 heavy (non-hydrogen) atoms. The van der Waals surface area contributed by atoms with Gasteiger partial charge in [0.1, 0.15) is 4.90 Å². The number of aliphatic carboxylic acids is 1. The molecule has 2 amide bonds. The van der Waals surface area contributed by atoms with Gasteiger partial charge in [-0.1, -0.05) is 71.9 Å². The second-order valence-electron chi connectivity index (χ2n) is 10.9. The highest BCUT2D eigenvalue weighted by Gasteiger charge is 2.44. The van der Waals surface area contributed by atoms with Gasteiger partial charge >= 0.3 is 18.0 Å². The molecule has 0 spiro atoms. The van der Waals surface area contributed by atoms with E-state index in [1.165, 1.54) is 26.4 Å². The van der Waals surface area contributed by atoms with E-state index < -0.39 is 48.5 Å². The first-order valence-corrected chi connectivity index (χ1v) is 18.5. The summed E-state index contributed by atoms with van der Waals surface area (Å²) >= 11 is 0. The SMILES string of the molecule is COC(=O)c1ccc(CNS(C)(=O)=O)cc1S(=O)(=O)NC(=O)Nc1nc(OC)cc(OC)n1.O=C(O)C1=NOC(c2ccccc2)(c2ccccc2)C1. The third-order valence-corrected chi connectivity index (χ3v) is 9.32. The van der Waals surface area contributed by atoms with Crippen LogP contribution in [-0.2, 0) is 46.6 Å². The molecule has 2 heterocycles. The Bertz CT molecular complexity index is 2160. The molecular formula is C33H34N6O12S2. The molecule has 0 fully saturated rings. The fourth-order valence-electron chi connectivity index (χ4n) is 4.80. The summed E-state index contributed by atoms with van der Waals surface area (Å²) in [6.45, 7) is -0.257. The molecule has 20 heteroatoms. The fourth-order valence-corrected chi connectivity index (χ4v) is 6.39. The van der Waals surface area contributed by atoms with Gasteiger partial charge in [-0.3, -0.25) is 5.32 Å². The molecule has 0 bridgehead atoms. The van der Waals surface area contributed by atoms with Crippen LogP contribution in [-0.4, -0.2) is 83.2 Å². The molecule has 0 radical (unpaired) electrons. The summed E-state index contributed by atoms with van der Waals surface area (Å²) in [5.41, 5.74) is 0.806. The van der Waals surface area contributed by atoms with E-state index in [1.807, 2.05) is 60.7 Å². The lowest BCUT2D eigenvalue weighted by molar-refractivity contribution is -0.129. The Labute approximate surface area is 304 Å². The van der Waals surface area contributed by atoms with Crippen molar-refractivity contribution in [1.29, 1.82) is 0 Å². The summed E-state index contributed by atoms with van der Waals surface area (Å²) < 4.78 is 66.8. The van der Waals surface area contributed by atoms with E-state index in [4.69, 9.17) is 19.4 Å². The molecule has 3 aromatic carbocycles. The van der Waals surface area contributed by atoms with Gasteiger partial charge in [0.25, 0.3) is 10.0 Å². The monoisotopic (exact) mass is 770 g/mol. The van der Waals surface area contributed by atoms with E-state index in [9.17, 15) is 31.2 Å². The van der Waals surface area contributed by atoms with Crippen LogP contribution in [0.25, 0.3) is 0 Å². The van der Waals surface area contributed by atoms with Gasteiger partial charge in [0, 0.05) is 17.7 Å². The van der Waals surface area contributed by atoms with Crippen molar-refractivity contribution < 1.29 is 55.4 Å². The zero-order valence-electron chi connectivity index (χ0n) is 28.6. The van der Waals surface area contributed by atoms with Gasteiger partial charge in [-0.2, -0.15) is 9.97 Å². The van der Waals surface area contributed by atoms with Gasteiger partial charge in [-0.25, -0.2) is 40.7 Å². The molecule has 1 aromatic heterocycles. The molecule has 0 aliphatic carbocycles. The molecule has 280 valence electrons. The molecule has 18 nitrogen and oxygen atoms in total. The summed E-state index contributed by atoms with van der Waals surface area (Å²) in [4.78, 5) is 48.2. The highest BCUT2D eigenvalue weighted by molar-refractivity contribution is 7.90. The standard InChI is InChI=1S/C17H21N5O9S2.C16H13NO3/c1-29-13-8-14(30-2)20-16(19-13)21-17(24)22-33(27,28)12-7-10(9-18-32(4,25)26)5-6-11(12)15(23)31-3;18-15(19)14-11-16(20-17-14,12-7-3-1-4-8-12)13-9-5-2-6-10-13/h5-8,18H,9H2,1-4H3,(H2,19,20,21,22,24);1-10H,11H2,(H,18,19). The number of nitrogens with zero attached hydrogens (tertiary/aromatic N) is 3. The zero-order chi connectivity index (χ0) is 38.8. The number of amides is 2. The number of urea groups is 1. The number of carboxylic acid groups (broad SMARTS) is 1. The lowest BCUT2D eigenvalue weighted by atomic mass is 9.82. The van der Waals surface area contributed by atoms with E-state index in [-0.39, 0.29) is 47.5 Å². The maximum atomic E-state index is 12.9. The minimum absolute atomic E-state index is 0.0395. The number of methoxy groups -OCH3 is 3. The van der Waals surface area contributed by atoms with Crippen molar-refractivity contribution in [3.05, 3.63) is 107 Å². The van der Waals surface area contributed by atoms with E-state index in [1.54, 1.807) is 4.72 Å². The minimum atomic E-state index is -4.63. The van der Waals surface area contributed by atoms with Gasteiger partial charge in [0.05, 0.1) is 45.6 Å². The van der Waals surface area contributed by atoms with Crippen LogP contribution < -0.4 is 24.2 Å².